The van der Waals surface area contributed by atoms with Crippen molar-refractivity contribution in [2.75, 3.05) is 12.8 Å². The zero-order chi connectivity index (χ0) is 14.5. The lowest BCUT2D eigenvalue weighted by atomic mass is 10.1. The van der Waals surface area contributed by atoms with Crippen LogP contribution < -0.4 is 10.5 Å². The fraction of sp³-hybridized carbons (Fsp3) is 0.286. The number of nitrogens with zero attached hydrogens (tertiary/aromatic N) is 1. The molecular weight excluding hydrogens is 276 g/mol. The minimum atomic E-state index is -0.601. The van der Waals surface area contributed by atoms with Crippen LogP contribution >= 0.6 is 11.3 Å². The maximum absolute atomic E-state index is 11.5. The Morgan fingerprint density at radius 1 is 1.50 bits per heavy atom. The largest absolute Gasteiger partial charge is 0.479 e. The molecule has 0 aliphatic carbocycles. The van der Waals surface area contributed by atoms with Crippen LogP contribution in [0.2, 0.25) is 0 Å². The summed E-state index contributed by atoms with van der Waals surface area (Å²) in [5, 5.41) is 2.40. The van der Waals surface area contributed by atoms with Gasteiger partial charge in [0.15, 0.2) is 11.2 Å². The van der Waals surface area contributed by atoms with Gasteiger partial charge in [0.05, 0.1) is 12.8 Å². The van der Waals surface area contributed by atoms with Gasteiger partial charge in [-0.3, -0.25) is 0 Å². The Labute approximate surface area is 121 Å². The Hall–Kier alpha value is -2.08. The second kappa shape index (κ2) is 6.38. The summed E-state index contributed by atoms with van der Waals surface area (Å²) in [6, 6.07) is 7.40. The fourth-order valence-corrected chi connectivity index (χ4v) is 2.31. The number of anilines is 1. The molecule has 106 valence electrons. The summed E-state index contributed by atoms with van der Waals surface area (Å²) >= 11 is 1.38. The SMILES string of the molecule is CCC(Oc1cccc(-c2csc(N)n2)c1)C(=O)OC. The third-order valence-corrected chi connectivity index (χ3v) is 3.44. The molecule has 0 saturated heterocycles. The fourth-order valence-electron chi connectivity index (χ4n) is 1.74. The van der Waals surface area contributed by atoms with E-state index in [4.69, 9.17) is 15.2 Å². The summed E-state index contributed by atoms with van der Waals surface area (Å²) in [5.74, 6) is 0.224. The van der Waals surface area contributed by atoms with Gasteiger partial charge in [0.2, 0.25) is 0 Å². The summed E-state index contributed by atoms with van der Waals surface area (Å²) < 4.78 is 10.4. The molecule has 0 radical (unpaired) electrons. The molecular formula is C14H16N2O3S. The topological polar surface area (TPSA) is 74.4 Å². The standard InChI is InChI=1S/C14H16N2O3S/c1-3-12(13(17)18-2)19-10-6-4-5-9(7-10)11-8-20-14(15)16-11/h4-8,12H,3H2,1-2H3,(H2,15,16). The lowest BCUT2D eigenvalue weighted by molar-refractivity contribution is -0.148. The van der Waals surface area contributed by atoms with Gasteiger partial charge in [-0.15, -0.1) is 11.3 Å². The molecule has 2 rings (SSSR count). The van der Waals surface area contributed by atoms with Gasteiger partial charge in [-0.1, -0.05) is 19.1 Å². The molecule has 1 unspecified atom stereocenters. The first-order valence-corrected chi connectivity index (χ1v) is 7.08. The number of carbonyl (C=O) groups excluding carboxylic acids is 1. The van der Waals surface area contributed by atoms with Crippen LogP contribution in [0.15, 0.2) is 29.6 Å². The molecule has 5 nitrogen and oxygen atoms in total. The third-order valence-electron chi connectivity index (χ3n) is 2.76. The van der Waals surface area contributed by atoms with E-state index in [-0.39, 0.29) is 5.97 Å². The molecule has 1 aromatic carbocycles. The number of benzene rings is 1. The molecule has 6 heteroatoms. The van der Waals surface area contributed by atoms with Gasteiger partial charge in [0, 0.05) is 10.9 Å². The van der Waals surface area contributed by atoms with E-state index in [1.165, 1.54) is 18.4 Å². The van der Waals surface area contributed by atoms with Crippen molar-refractivity contribution in [2.45, 2.75) is 19.4 Å². The molecule has 0 saturated carbocycles. The van der Waals surface area contributed by atoms with Crippen LogP contribution in [0.4, 0.5) is 5.13 Å². The highest BCUT2D eigenvalue weighted by Crippen LogP contribution is 2.26. The van der Waals surface area contributed by atoms with Gasteiger partial charge in [-0.05, 0) is 18.6 Å². The van der Waals surface area contributed by atoms with E-state index in [2.05, 4.69) is 4.98 Å². The van der Waals surface area contributed by atoms with E-state index in [0.29, 0.717) is 17.3 Å². The maximum atomic E-state index is 11.5. The van der Waals surface area contributed by atoms with E-state index in [1.807, 2.05) is 30.5 Å². The smallest absolute Gasteiger partial charge is 0.347 e. The Morgan fingerprint density at radius 2 is 2.30 bits per heavy atom. The van der Waals surface area contributed by atoms with E-state index in [9.17, 15) is 4.79 Å². The van der Waals surface area contributed by atoms with E-state index in [0.717, 1.165) is 11.3 Å². The van der Waals surface area contributed by atoms with Crippen molar-refractivity contribution < 1.29 is 14.3 Å². The van der Waals surface area contributed by atoms with Crippen LogP contribution in [-0.2, 0) is 9.53 Å². The number of rotatable bonds is 5. The predicted octanol–water partition coefficient (Wildman–Crippen LogP) is 2.72. The van der Waals surface area contributed by atoms with Crippen molar-refractivity contribution in [2.24, 2.45) is 0 Å². The molecule has 0 aliphatic heterocycles. The molecule has 2 aromatic rings. The monoisotopic (exact) mass is 292 g/mol. The molecule has 0 aliphatic rings. The van der Waals surface area contributed by atoms with Gasteiger partial charge in [-0.2, -0.15) is 0 Å². The number of methoxy groups -OCH3 is 1. The zero-order valence-corrected chi connectivity index (χ0v) is 12.1. The summed E-state index contributed by atoms with van der Waals surface area (Å²) in [6.45, 7) is 1.87. The first-order chi connectivity index (χ1) is 9.63. The lowest BCUT2D eigenvalue weighted by Gasteiger charge is -2.15. The van der Waals surface area contributed by atoms with Crippen molar-refractivity contribution in [3.63, 3.8) is 0 Å². The van der Waals surface area contributed by atoms with Gasteiger partial charge < -0.3 is 15.2 Å². The van der Waals surface area contributed by atoms with Gasteiger partial charge in [-0.25, -0.2) is 9.78 Å². The number of hydrogen-bond donors (Lipinski definition) is 1. The first kappa shape index (κ1) is 14.3. The van der Waals surface area contributed by atoms with Gasteiger partial charge >= 0.3 is 5.97 Å². The van der Waals surface area contributed by atoms with E-state index in [1.54, 1.807) is 6.07 Å². The second-order valence-electron chi connectivity index (χ2n) is 4.14. The molecule has 0 bridgehead atoms. The number of thiazole rings is 1. The molecule has 0 fully saturated rings. The van der Waals surface area contributed by atoms with Crippen molar-refractivity contribution in [3.8, 4) is 17.0 Å². The number of ether oxygens (including phenoxy) is 2. The van der Waals surface area contributed by atoms with Gasteiger partial charge in [0.25, 0.3) is 0 Å². The molecule has 0 amide bonds. The summed E-state index contributed by atoms with van der Waals surface area (Å²) in [4.78, 5) is 15.8. The van der Waals surface area contributed by atoms with Crippen LogP contribution in [0.5, 0.6) is 5.75 Å². The average Bonchev–Trinajstić information content (AvgIpc) is 2.91. The van der Waals surface area contributed by atoms with Crippen LogP contribution in [-0.4, -0.2) is 24.2 Å². The van der Waals surface area contributed by atoms with Crippen molar-refractivity contribution in [1.29, 1.82) is 0 Å². The Bertz CT molecular complexity index is 598. The van der Waals surface area contributed by atoms with Crippen LogP contribution in [0.3, 0.4) is 0 Å². The minimum Gasteiger partial charge on any atom is -0.479 e. The molecule has 20 heavy (non-hydrogen) atoms. The summed E-state index contributed by atoms with van der Waals surface area (Å²) in [6.07, 6.45) is -0.0589. The van der Waals surface area contributed by atoms with Crippen LogP contribution in [0.25, 0.3) is 11.3 Å². The zero-order valence-electron chi connectivity index (χ0n) is 11.3. The van der Waals surface area contributed by atoms with E-state index < -0.39 is 6.10 Å². The number of aromatic nitrogens is 1. The molecule has 2 N–H and O–H groups in total. The molecule has 1 aromatic heterocycles. The number of esters is 1. The van der Waals surface area contributed by atoms with Crippen molar-refractivity contribution >= 4 is 22.4 Å². The summed E-state index contributed by atoms with van der Waals surface area (Å²) in [5.41, 5.74) is 7.32. The van der Waals surface area contributed by atoms with E-state index >= 15 is 0 Å². The number of nitrogen functional groups attached to an aromatic ring is 1. The minimum absolute atomic E-state index is 0.379. The molecule has 1 heterocycles. The second-order valence-corrected chi connectivity index (χ2v) is 5.03. The molecule has 1 atom stereocenters. The van der Waals surface area contributed by atoms with Crippen molar-refractivity contribution in [1.82, 2.24) is 4.98 Å². The van der Waals surface area contributed by atoms with Crippen LogP contribution in [0.1, 0.15) is 13.3 Å². The first-order valence-electron chi connectivity index (χ1n) is 6.20. The number of hydrogen-bond acceptors (Lipinski definition) is 6. The highest BCUT2D eigenvalue weighted by molar-refractivity contribution is 7.13. The Balaban J connectivity index is 2.19. The normalized spacial score (nSPS) is 11.9. The quantitative estimate of drug-likeness (QED) is 0.858. The lowest BCUT2D eigenvalue weighted by Crippen LogP contribution is -2.27. The Morgan fingerprint density at radius 3 is 2.90 bits per heavy atom. The average molecular weight is 292 g/mol. The third kappa shape index (κ3) is 3.27. The maximum Gasteiger partial charge on any atom is 0.347 e. The summed E-state index contributed by atoms with van der Waals surface area (Å²) in [7, 11) is 1.35. The van der Waals surface area contributed by atoms with Gasteiger partial charge in [0.1, 0.15) is 5.75 Å². The Kier molecular flexibility index (Phi) is 4.57. The number of nitrogens with two attached hydrogens (primary N) is 1. The van der Waals surface area contributed by atoms with Crippen LogP contribution in [0, 0.1) is 0 Å². The highest BCUT2D eigenvalue weighted by Gasteiger charge is 2.19. The predicted molar refractivity (Wildman–Crippen MR) is 78.7 cm³/mol. The highest BCUT2D eigenvalue weighted by atomic mass is 32.1. The molecule has 0 spiro atoms. The number of carbonyl (C=O) groups is 1. The van der Waals surface area contributed by atoms with Crippen molar-refractivity contribution in [3.05, 3.63) is 29.6 Å².